The largest absolute Gasteiger partial charge is 0.494 e. The Balaban J connectivity index is 1.98. The Morgan fingerprint density at radius 3 is 2.48 bits per heavy atom. The van der Waals surface area contributed by atoms with Crippen molar-refractivity contribution in [3.63, 3.8) is 0 Å². The van der Waals surface area contributed by atoms with Gasteiger partial charge in [-0.3, -0.25) is 4.79 Å². The molecule has 33 heavy (non-hydrogen) atoms. The lowest BCUT2D eigenvalue weighted by atomic mass is 9.96. The molecule has 2 heterocycles. The third-order valence-electron chi connectivity index (χ3n) is 6.02. The standard InChI is InChI=1S/C25H24F2N4O2/c1-30-24(16-7-8-23(33-2)21(27)11-16)19(15-5-6-17(13-28)20(26)10-15)12-22(25(30)32)31-9-3-4-18(29)14-31/h5-8,10-12,18H,3-4,9,14,29H2,1-2H3/t18-/m1/s1. The Bertz CT molecular complexity index is 1310. The molecule has 0 saturated carbocycles. The third-order valence-corrected chi connectivity index (χ3v) is 6.02. The predicted molar refractivity (Wildman–Crippen MR) is 123 cm³/mol. The summed E-state index contributed by atoms with van der Waals surface area (Å²) in [6.45, 7) is 1.22. The monoisotopic (exact) mass is 450 g/mol. The average molecular weight is 450 g/mol. The van der Waals surface area contributed by atoms with Gasteiger partial charge in [-0.25, -0.2) is 8.78 Å². The van der Waals surface area contributed by atoms with Gasteiger partial charge in [-0.15, -0.1) is 0 Å². The second kappa shape index (κ2) is 9.04. The molecule has 3 aromatic rings. The van der Waals surface area contributed by atoms with Crippen LogP contribution in [0.2, 0.25) is 0 Å². The van der Waals surface area contributed by atoms with Crippen LogP contribution < -0.4 is 20.9 Å². The van der Waals surface area contributed by atoms with Crippen molar-refractivity contribution in [3.05, 3.63) is 70.0 Å². The molecule has 170 valence electrons. The Morgan fingerprint density at radius 2 is 1.85 bits per heavy atom. The first kappa shape index (κ1) is 22.5. The molecule has 1 saturated heterocycles. The van der Waals surface area contributed by atoms with Crippen LogP contribution in [0, 0.1) is 23.0 Å². The SMILES string of the molecule is COc1ccc(-c2c(-c3ccc(C#N)c(F)c3)cc(N3CCC[C@@H](N)C3)c(=O)n2C)cc1F. The quantitative estimate of drug-likeness (QED) is 0.654. The molecule has 0 bridgehead atoms. The van der Waals surface area contributed by atoms with E-state index in [1.165, 1.54) is 35.9 Å². The van der Waals surface area contributed by atoms with Crippen LogP contribution in [-0.4, -0.2) is 30.8 Å². The molecule has 2 aromatic carbocycles. The second-order valence-corrected chi connectivity index (χ2v) is 8.16. The maximum atomic E-state index is 14.5. The number of ether oxygens (including phenoxy) is 1. The molecular weight excluding hydrogens is 426 g/mol. The summed E-state index contributed by atoms with van der Waals surface area (Å²) in [7, 11) is 2.98. The molecule has 1 aliphatic heterocycles. The molecule has 0 radical (unpaired) electrons. The summed E-state index contributed by atoms with van der Waals surface area (Å²) in [6, 6.07) is 12.2. The van der Waals surface area contributed by atoms with E-state index in [0.717, 1.165) is 12.8 Å². The summed E-state index contributed by atoms with van der Waals surface area (Å²) in [4.78, 5) is 15.3. The predicted octanol–water partition coefficient (Wildman–Crippen LogP) is 3.81. The molecule has 8 heteroatoms. The highest BCUT2D eigenvalue weighted by Gasteiger charge is 2.24. The number of nitrogens with two attached hydrogens (primary N) is 1. The first-order valence-corrected chi connectivity index (χ1v) is 10.6. The summed E-state index contributed by atoms with van der Waals surface area (Å²) >= 11 is 0. The van der Waals surface area contributed by atoms with E-state index in [1.807, 2.05) is 11.0 Å². The van der Waals surface area contributed by atoms with Gasteiger partial charge in [0.25, 0.3) is 5.56 Å². The van der Waals surface area contributed by atoms with Gasteiger partial charge in [0.1, 0.15) is 17.6 Å². The van der Waals surface area contributed by atoms with Gasteiger partial charge < -0.3 is 19.9 Å². The number of nitrogens with zero attached hydrogens (tertiary/aromatic N) is 3. The number of pyridine rings is 1. The first-order valence-electron chi connectivity index (χ1n) is 10.6. The number of anilines is 1. The van der Waals surface area contributed by atoms with Crippen LogP contribution in [0.5, 0.6) is 5.75 Å². The number of methoxy groups -OCH3 is 1. The highest BCUT2D eigenvalue weighted by atomic mass is 19.1. The van der Waals surface area contributed by atoms with Crippen LogP contribution in [0.4, 0.5) is 14.5 Å². The molecule has 0 amide bonds. The van der Waals surface area contributed by atoms with Crippen LogP contribution >= 0.6 is 0 Å². The number of piperidine rings is 1. The van der Waals surface area contributed by atoms with Crippen molar-refractivity contribution in [2.24, 2.45) is 12.8 Å². The Hall–Kier alpha value is -3.70. The number of hydrogen-bond acceptors (Lipinski definition) is 5. The van der Waals surface area contributed by atoms with Crippen molar-refractivity contribution in [2.75, 3.05) is 25.1 Å². The minimum Gasteiger partial charge on any atom is -0.494 e. The van der Waals surface area contributed by atoms with E-state index >= 15 is 0 Å². The van der Waals surface area contributed by atoms with Crippen LogP contribution in [0.1, 0.15) is 18.4 Å². The fraction of sp³-hybridized carbons (Fsp3) is 0.280. The van der Waals surface area contributed by atoms with Crippen LogP contribution in [0.25, 0.3) is 22.4 Å². The van der Waals surface area contributed by atoms with Crippen molar-refractivity contribution in [1.29, 1.82) is 5.26 Å². The second-order valence-electron chi connectivity index (χ2n) is 8.16. The molecule has 4 rings (SSSR count). The lowest BCUT2D eigenvalue weighted by Crippen LogP contribution is -2.45. The number of aromatic nitrogens is 1. The first-order chi connectivity index (χ1) is 15.8. The minimum absolute atomic E-state index is 0.0466. The highest BCUT2D eigenvalue weighted by molar-refractivity contribution is 5.84. The van der Waals surface area contributed by atoms with Gasteiger partial charge in [0.15, 0.2) is 11.6 Å². The van der Waals surface area contributed by atoms with Crippen molar-refractivity contribution >= 4 is 5.69 Å². The number of nitriles is 1. The third kappa shape index (κ3) is 4.20. The molecule has 0 spiro atoms. The highest BCUT2D eigenvalue weighted by Crippen LogP contribution is 2.36. The fourth-order valence-electron chi connectivity index (χ4n) is 4.33. The van der Waals surface area contributed by atoms with Crippen molar-refractivity contribution in [1.82, 2.24) is 4.57 Å². The zero-order valence-corrected chi connectivity index (χ0v) is 18.4. The fourth-order valence-corrected chi connectivity index (χ4v) is 4.33. The molecule has 6 nitrogen and oxygen atoms in total. The molecule has 1 aliphatic rings. The van der Waals surface area contributed by atoms with Crippen LogP contribution in [0.15, 0.2) is 47.3 Å². The Morgan fingerprint density at radius 1 is 1.12 bits per heavy atom. The number of benzene rings is 2. The zero-order chi connectivity index (χ0) is 23.7. The van der Waals surface area contributed by atoms with E-state index in [-0.39, 0.29) is 22.9 Å². The molecule has 1 aromatic heterocycles. The maximum Gasteiger partial charge on any atom is 0.274 e. The lowest BCUT2D eigenvalue weighted by Gasteiger charge is -2.33. The van der Waals surface area contributed by atoms with E-state index in [2.05, 4.69) is 0 Å². The van der Waals surface area contributed by atoms with Gasteiger partial charge in [-0.1, -0.05) is 6.07 Å². The van der Waals surface area contributed by atoms with E-state index in [1.54, 1.807) is 25.2 Å². The summed E-state index contributed by atoms with van der Waals surface area (Å²) in [5.41, 5.74) is 8.12. The van der Waals surface area contributed by atoms with Gasteiger partial charge >= 0.3 is 0 Å². The van der Waals surface area contributed by atoms with Gasteiger partial charge in [-0.05, 0) is 54.8 Å². The van der Waals surface area contributed by atoms with Crippen LogP contribution in [-0.2, 0) is 7.05 Å². The smallest absolute Gasteiger partial charge is 0.274 e. The van der Waals surface area contributed by atoms with E-state index < -0.39 is 11.6 Å². The number of rotatable bonds is 4. The molecule has 0 unspecified atom stereocenters. The lowest BCUT2D eigenvalue weighted by molar-refractivity contribution is 0.386. The van der Waals surface area contributed by atoms with Gasteiger partial charge in [-0.2, -0.15) is 5.26 Å². The molecular formula is C25H24F2N4O2. The van der Waals surface area contributed by atoms with Crippen molar-refractivity contribution in [3.8, 4) is 34.2 Å². The normalized spacial score (nSPS) is 15.9. The van der Waals surface area contributed by atoms with Gasteiger partial charge in [0.2, 0.25) is 0 Å². The minimum atomic E-state index is -0.669. The number of hydrogen-bond donors (Lipinski definition) is 1. The summed E-state index contributed by atoms with van der Waals surface area (Å²) in [5, 5.41) is 9.10. The summed E-state index contributed by atoms with van der Waals surface area (Å²) in [5.74, 6) is -1.17. The average Bonchev–Trinajstić information content (AvgIpc) is 2.80. The van der Waals surface area contributed by atoms with Gasteiger partial charge in [0, 0.05) is 37.3 Å². The Kier molecular flexibility index (Phi) is 6.16. The molecule has 0 aliphatic carbocycles. The summed E-state index contributed by atoms with van der Waals surface area (Å²) in [6.07, 6.45) is 1.74. The van der Waals surface area contributed by atoms with Crippen molar-refractivity contribution < 1.29 is 13.5 Å². The van der Waals surface area contributed by atoms with E-state index in [0.29, 0.717) is 41.2 Å². The van der Waals surface area contributed by atoms with E-state index in [4.69, 9.17) is 15.7 Å². The zero-order valence-electron chi connectivity index (χ0n) is 18.4. The number of halogens is 2. The van der Waals surface area contributed by atoms with E-state index in [9.17, 15) is 13.6 Å². The maximum absolute atomic E-state index is 14.5. The Labute approximate surface area is 190 Å². The summed E-state index contributed by atoms with van der Waals surface area (Å²) < 4.78 is 35.5. The molecule has 1 atom stereocenters. The van der Waals surface area contributed by atoms with Crippen molar-refractivity contribution in [2.45, 2.75) is 18.9 Å². The topological polar surface area (TPSA) is 84.3 Å². The molecule has 1 fully saturated rings. The molecule has 2 N–H and O–H groups in total. The van der Waals surface area contributed by atoms with Gasteiger partial charge in [0.05, 0.1) is 18.4 Å². The van der Waals surface area contributed by atoms with Crippen LogP contribution in [0.3, 0.4) is 0 Å².